The summed E-state index contributed by atoms with van der Waals surface area (Å²) in [6.07, 6.45) is 4.61. The van der Waals surface area contributed by atoms with Gasteiger partial charge in [-0.25, -0.2) is 14.8 Å². The average molecular weight is 314 g/mol. The van der Waals surface area contributed by atoms with Crippen molar-refractivity contribution in [1.29, 1.82) is 0 Å². The van der Waals surface area contributed by atoms with E-state index < -0.39 is 0 Å². The molecule has 0 aliphatic heterocycles. The molecule has 0 spiro atoms. The van der Waals surface area contributed by atoms with E-state index in [-0.39, 0.29) is 18.5 Å². The van der Waals surface area contributed by atoms with E-state index in [1.807, 2.05) is 0 Å². The smallest absolute Gasteiger partial charge is 0.317 e. The molecule has 0 saturated carbocycles. The first-order valence-corrected chi connectivity index (χ1v) is 6.96. The van der Waals surface area contributed by atoms with Gasteiger partial charge < -0.3 is 15.5 Å². The fourth-order valence-electron chi connectivity index (χ4n) is 1.70. The molecule has 0 aromatic carbocycles. The maximum atomic E-state index is 12.2. The molecule has 2 aromatic rings. The fourth-order valence-corrected chi connectivity index (χ4v) is 1.70. The number of rotatable bonds is 4. The van der Waals surface area contributed by atoms with Crippen molar-refractivity contribution in [2.45, 2.75) is 13.5 Å². The summed E-state index contributed by atoms with van der Waals surface area (Å²) in [7, 11) is 3.30. The lowest BCUT2D eigenvalue weighted by Crippen LogP contribution is -2.34. The van der Waals surface area contributed by atoms with Gasteiger partial charge in [-0.15, -0.1) is 0 Å². The molecule has 0 fully saturated rings. The van der Waals surface area contributed by atoms with Crippen LogP contribution >= 0.6 is 0 Å². The molecular formula is C15H18N6O2. The molecule has 0 bridgehead atoms. The first kappa shape index (κ1) is 16.3. The van der Waals surface area contributed by atoms with Gasteiger partial charge in [0.1, 0.15) is 5.82 Å². The van der Waals surface area contributed by atoms with Gasteiger partial charge in [0.15, 0.2) is 0 Å². The van der Waals surface area contributed by atoms with Crippen molar-refractivity contribution >= 4 is 17.6 Å². The van der Waals surface area contributed by atoms with Crippen molar-refractivity contribution < 1.29 is 9.59 Å². The Morgan fingerprint density at radius 3 is 2.52 bits per heavy atom. The third-order valence-electron chi connectivity index (χ3n) is 2.94. The van der Waals surface area contributed by atoms with Crippen LogP contribution in [-0.2, 0) is 6.54 Å². The molecular weight excluding hydrogens is 296 g/mol. The quantitative estimate of drug-likeness (QED) is 0.883. The second kappa shape index (κ2) is 7.30. The van der Waals surface area contributed by atoms with Crippen LogP contribution in [0, 0.1) is 6.92 Å². The Balaban J connectivity index is 2.02. The summed E-state index contributed by atoms with van der Waals surface area (Å²) in [5.74, 6) is 0.339. The van der Waals surface area contributed by atoms with Gasteiger partial charge in [-0.05, 0) is 19.1 Å². The Morgan fingerprint density at radius 1 is 1.17 bits per heavy atom. The zero-order valence-electron chi connectivity index (χ0n) is 13.2. The number of nitrogens with zero attached hydrogens (tertiary/aromatic N) is 4. The van der Waals surface area contributed by atoms with Crippen LogP contribution < -0.4 is 10.6 Å². The number of aryl methyl sites for hydroxylation is 1. The third-order valence-corrected chi connectivity index (χ3v) is 2.94. The van der Waals surface area contributed by atoms with Gasteiger partial charge in [0.2, 0.25) is 0 Å². The Hall–Kier alpha value is -3.03. The number of carbonyl (C=O) groups excluding carboxylic acids is 2. The zero-order chi connectivity index (χ0) is 16.8. The maximum absolute atomic E-state index is 12.2. The maximum Gasteiger partial charge on any atom is 0.317 e. The van der Waals surface area contributed by atoms with Gasteiger partial charge in [0.25, 0.3) is 5.91 Å². The second-order valence-electron chi connectivity index (χ2n) is 5.06. The summed E-state index contributed by atoms with van der Waals surface area (Å²) in [5, 5.41) is 5.40. The van der Waals surface area contributed by atoms with Gasteiger partial charge in [-0.2, -0.15) is 0 Å². The van der Waals surface area contributed by atoms with Crippen molar-refractivity contribution in [2.24, 2.45) is 0 Å². The number of urea groups is 1. The van der Waals surface area contributed by atoms with E-state index in [1.54, 1.807) is 45.5 Å². The van der Waals surface area contributed by atoms with Gasteiger partial charge in [-0.1, -0.05) is 0 Å². The number of amides is 3. The molecule has 0 saturated heterocycles. The van der Waals surface area contributed by atoms with E-state index in [2.05, 4.69) is 25.6 Å². The van der Waals surface area contributed by atoms with Crippen molar-refractivity contribution in [1.82, 2.24) is 25.2 Å². The molecule has 0 unspecified atom stereocenters. The van der Waals surface area contributed by atoms with Crippen LogP contribution in [0.2, 0.25) is 0 Å². The van der Waals surface area contributed by atoms with Gasteiger partial charge in [-0.3, -0.25) is 9.78 Å². The second-order valence-corrected chi connectivity index (χ2v) is 5.06. The van der Waals surface area contributed by atoms with Crippen LogP contribution in [0.4, 0.5) is 10.5 Å². The fraction of sp³-hybridized carbons (Fsp3) is 0.267. The number of nitrogens with one attached hydrogen (secondary N) is 2. The highest BCUT2D eigenvalue weighted by molar-refractivity contribution is 6.04. The van der Waals surface area contributed by atoms with Crippen LogP contribution in [-0.4, -0.2) is 45.9 Å². The SMILES string of the molecule is Cc1ncc(NC(=O)c2ccnc(CNC(=O)N(C)C)c2)cn1. The summed E-state index contributed by atoms with van der Waals surface area (Å²) in [5.41, 5.74) is 1.54. The van der Waals surface area contributed by atoms with Crippen LogP contribution in [0.1, 0.15) is 21.9 Å². The highest BCUT2D eigenvalue weighted by Gasteiger charge is 2.09. The molecule has 8 nitrogen and oxygen atoms in total. The Kier molecular flexibility index (Phi) is 5.19. The highest BCUT2D eigenvalue weighted by Crippen LogP contribution is 2.08. The van der Waals surface area contributed by atoms with E-state index in [9.17, 15) is 9.59 Å². The molecule has 2 N–H and O–H groups in total. The molecule has 23 heavy (non-hydrogen) atoms. The lowest BCUT2D eigenvalue weighted by atomic mass is 10.2. The normalized spacial score (nSPS) is 10.0. The lowest BCUT2D eigenvalue weighted by molar-refractivity contribution is 0.102. The lowest BCUT2D eigenvalue weighted by Gasteiger charge is -2.12. The molecule has 2 aromatic heterocycles. The Bertz CT molecular complexity index is 699. The zero-order valence-corrected chi connectivity index (χ0v) is 13.2. The summed E-state index contributed by atoms with van der Waals surface area (Å²) in [4.78, 5) is 37.3. The summed E-state index contributed by atoms with van der Waals surface area (Å²) < 4.78 is 0. The minimum atomic E-state index is -0.292. The van der Waals surface area contributed by atoms with E-state index >= 15 is 0 Å². The predicted octanol–water partition coefficient (Wildman–Crippen LogP) is 1.20. The summed E-state index contributed by atoms with van der Waals surface area (Å²) in [6, 6.07) is 3.00. The molecule has 120 valence electrons. The van der Waals surface area contributed by atoms with E-state index in [0.29, 0.717) is 22.8 Å². The van der Waals surface area contributed by atoms with E-state index in [0.717, 1.165) is 0 Å². The number of hydrogen-bond donors (Lipinski definition) is 2. The largest absolute Gasteiger partial charge is 0.332 e. The van der Waals surface area contributed by atoms with Crippen LogP contribution in [0.3, 0.4) is 0 Å². The number of anilines is 1. The molecule has 8 heteroatoms. The number of aromatic nitrogens is 3. The Labute approximate surface area is 134 Å². The third kappa shape index (κ3) is 4.73. The minimum absolute atomic E-state index is 0.224. The van der Waals surface area contributed by atoms with Crippen LogP contribution in [0.5, 0.6) is 0 Å². The molecule has 0 aliphatic rings. The summed E-state index contributed by atoms with van der Waals surface area (Å²) >= 11 is 0. The number of hydrogen-bond acceptors (Lipinski definition) is 5. The van der Waals surface area contributed by atoms with Gasteiger partial charge >= 0.3 is 6.03 Å². The van der Waals surface area contributed by atoms with E-state index in [1.165, 1.54) is 11.1 Å². The predicted molar refractivity (Wildman–Crippen MR) is 84.9 cm³/mol. The topological polar surface area (TPSA) is 100 Å². The number of carbonyl (C=O) groups is 2. The van der Waals surface area contributed by atoms with Crippen molar-refractivity contribution in [3.8, 4) is 0 Å². The monoisotopic (exact) mass is 314 g/mol. The van der Waals surface area contributed by atoms with Gasteiger partial charge in [0, 0.05) is 25.9 Å². The molecule has 3 amide bonds. The first-order chi connectivity index (χ1) is 11.0. The first-order valence-electron chi connectivity index (χ1n) is 6.96. The van der Waals surface area contributed by atoms with Crippen LogP contribution in [0.25, 0.3) is 0 Å². The molecule has 0 aliphatic carbocycles. The Morgan fingerprint density at radius 2 is 1.87 bits per heavy atom. The summed E-state index contributed by atoms with van der Waals surface area (Å²) in [6.45, 7) is 2.01. The molecule has 2 rings (SSSR count). The molecule has 2 heterocycles. The highest BCUT2D eigenvalue weighted by atomic mass is 16.2. The van der Waals surface area contributed by atoms with Crippen molar-refractivity contribution in [2.75, 3.05) is 19.4 Å². The number of pyridine rings is 1. The molecule has 0 atom stereocenters. The van der Waals surface area contributed by atoms with Crippen LogP contribution in [0.15, 0.2) is 30.7 Å². The van der Waals surface area contributed by atoms with E-state index in [4.69, 9.17) is 0 Å². The van der Waals surface area contributed by atoms with Crippen molar-refractivity contribution in [3.63, 3.8) is 0 Å². The molecule has 0 radical (unpaired) electrons. The standard InChI is InChI=1S/C15H18N6O2/c1-10-17-8-13(9-18-10)20-14(22)11-4-5-16-12(6-11)7-19-15(23)21(2)3/h4-6,8-9H,7H2,1-3H3,(H,19,23)(H,20,22). The average Bonchev–Trinajstić information content (AvgIpc) is 2.54. The van der Waals surface area contributed by atoms with Crippen molar-refractivity contribution in [3.05, 3.63) is 47.8 Å². The van der Waals surface area contributed by atoms with Gasteiger partial charge in [0.05, 0.1) is 30.3 Å². The minimum Gasteiger partial charge on any atom is -0.332 e.